The van der Waals surface area contributed by atoms with Gasteiger partial charge in [0.1, 0.15) is 5.82 Å². The third-order valence-electron chi connectivity index (χ3n) is 3.52. The second-order valence-corrected chi connectivity index (χ2v) is 5.70. The minimum atomic E-state index is -0.391. The summed E-state index contributed by atoms with van der Waals surface area (Å²) in [6, 6.07) is 10.6. The van der Waals surface area contributed by atoms with Gasteiger partial charge in [0.15, 0.2) is 0 Å². The minimum Gasteiger partial charge on any atom is -0.343 e. The van der Waals surface area contributed by atoms with Crippen LogP contribution in [0.15, 0.2) is 42.6 Å². The SMILES string of the molecule is NCc1cn(Cc2cccc(Cl)c2F)c2cc(Cl)ccc12. The topological polar surface area (TPSA) is 30.9 Å². The fraction of sp³-hybridized carbons (Fsp3) is 0.125. The molecule has 1 heterocycles. The number of benzene rings is 2. The van der Waals surface area contributed by atoms with Crippen molar-refractivity contribution in [3.05, 3.63) is 69.6 Å². The fourth-order valence-corrected chi connectivity index (χ4v) is 2.85. The number of hydrogen-bond acceptors (Lipinski definition) is 1. The molecule has 0 fully saturated rings. The van der Waals surface area contributed by atoms with Gasteiger partial charge in [0.25, 0.3) is 0 Å². The van der Waals surface area contributed by atoms with E-state index in [1.807, 2.05) is 29.0 Å². The molecule has 0 aliphatic heterocycles. The van der Waals surface area contributed by atoms with E-state index in [-0.39, 0.29) is 5.02 Å². The maximum atomic E-state index is 14.1. The fourth-order valence-electron chi connectivity index (χ4n) is 2.49. The molecule has 21 heavy (non-hydrogen) atoms. The van der Waals surface area contributed by atoms with Gasteiger partial charge in [-0.2, -0.15) is 0 Å². The Morgan fingerprint density at radius 1 is 1.10 bits per heavy atom. The molecule has 0 spiro atoms. The molecule has 5 heteroatoms. The van der Waals surface area contributed by atoms with Gasteiger partial charge in [-0.15, -0.1) is 0 Å². The molecule has 0 amide bonds. The molecule has 2 aromatic carbocycles. The van der Waals surface area contributed by atoms with E-state index in [0.717, 1.165) is 16.5 Å². The second-order valence-electron chi connectivity index (χ2n) is 4.86. The summed E-state index contributed by atoms with van der Waals surface area (Å²) in [6.45, 7) is 0.798. The van der Waals surface area contributed by atoms with Gasteiger partial charge in [-0.25, -0.2) is 4.39 Å². The second kappa shape index (κ2) is 5.68. The Morgan fingerprint density at radius 2 is 1.90 bits per heavy atom. The molecule has 1 aromatic heterocycles. The molecule has 2 nitrogen and oxygen atoms in total. The summed E-state index contributed by atoms with van der Waals surface area (Å²) >= 11 is 11.9. The lowest BCUT2D eigenvalue weighted by Gasteiger charge is -2.08. The standard InChI is InChI=1S/C16H13Cl2FN2/c17-12-4-5-13-11(7-20)9-21(15(13)6-12)8-10-2-1-3-14(18)16(10)19/h1-6,9H,7-8,20H2. The third-order valence-corrected chi connectivity index (χ3v) is 4.05. The lowest BCUT2D eigenvalue weighted by atomic mass is 10.2. The smallest absolute Gasteiger partial charge is 0.146 e. The maximum Gasteiger partial charge on any atom is 0.146 e. The van der Waals surface area contributed by atoms with Gasteiger partial charge in [-0.3, -0.25) is 0 Å². The van der Waals surface area contributed by atoms with Crippen molar-refractivity contribution in [2.24, 2.45) is 5.73 Å². The lowest BCUT2D eigenvalue weighted by Crippen LogP contribution is -2.01. The van der Waals surface area contributed by atoms with E-state index >= 15 is 0 Å². The van der Waals surface area contributed by atoms with Crippen LogP contribution in [0.1, 0.15) is 11.1 Å². The number of halogens is 3. The van der Waals surface area contributed by atoms with Crippen LogP contribution in [0.25, 0.3) is 10.9 Å². The Balaban J connectivity index is 2.12. The van der Waals surface area contributed by atoms with Crippen molar-refractivity contribution in [3.63, 3.8) is 0 Å². The summed E-state index contributed by atoms with van der Waals surface area (Å²) in [5.74, 6) is -0.391. The van der Waals surface area contributed by atoms with Crippen molar-refractivity contribution in [2.45, 2.75) is 13.1 Å². The summed E-state index contributed by atoms with van der Waals surface area (Å²) in [5, 5.41) is 1.79. The Hall–Kier alpha value is -1.55. The van der Waals surface area contributed by atoms with Crippen LogP contribution in [0.5, 0.6) is 0 Å². The lowest BCUT2D eigenvalue weighted by molar-refractivity contribution is 0.602. The van der Waals surface area contributed by atoms with Crippen molar-refractivity contribution >= 4 is 34.1 Å². The number of hydrogen-bond donors (Lipinski definition) is 1. The molecule has 0 radical (unpaired) electrons. The predicted octanol–water partition coefficient (Wildman–Crippen LogP) is 4.59. The van der Waals surface area contributed by atoms with Crippen LogP contribution in [0.2, 0.25) is 10.0 Å². The minimum absolute atomic E-state index is 0.126. The summed E-state index contributed by atoms with van der Waals surface area (Å²) in [5.41, 5.74) is 8.24. The Bertz CT molecular complexity index is 811. The first-order valence-electron chi connectivity index (χ1n) is 6.50. The van der Waals surface area contributed by atoms with Gasteiger partial charge in [-0.1, -0.05) is 41.4 Å². The molecular weight excluding hydrogens is 310 g/mol. The Morgan fingerprint density at radius 3 is 2.67 bits per heavy atom. The van der Waals surface area contributed by atoms with E-state index in [2.05, 4.69) is 0 Å². The first-order valence-corrected chi connectivity index (χ1v) is 7.26. The molecule has 0 aliphatic rings. The highest BCUT2D eigenvalue weighted by Crippen LogP contribution is 2.26. The van der Waals surface area contributed by atoms with Crippen LogP contribution in [0.4, 0.5) is 4.39 Å². The van der Waals surface area contributed by atoms with Crippen LogP contribution in [-0.2, 0) is 13.1 Å². The molecule has 2 N–H and O–H groups in total. The van der Waals surface area contributed by atoms with Crippen LogP contribution in [0.3, 0.4) is 0 Å². The molecule has 0 atom stereocenters. The first-order chi connectivity index (χ1) is 10.1. The van der Waals surface area contributed by atoms with E-state index in [1.165, 1.54) is 6.07 Å². The number of nitrogens with zero attached hydrogens (tertiary/aromatic N) is 1. The largest absolute Gasteiger partial charge is 0.343 e. The van der Waals surface area contributed by atoms with E-state index in [9.17, 15) is 4.39 Å². The summed E-state index contributed by atoms with van der Waals surface area (Å²) in [7, 11) is 0. The highest BCUT2D eigenvalue weighted by Gasteiger charge is 2.11. The normalized spacial score (nSPS) is 11.2. The number of fused-ring (bicyclic) bond motifs is 1. The van der Waals surface area contributed by atoms with E-state index in [0.29, 0.717) is 23.7 Å². The molecule has 0 aliphatic carbocycles. The van der Waals surface area contributed by atoms with E-state index in [4.69, 9.17) is 28.9 Å². The zero-order chi connectivity index (χ0) is 15.0. The molecule has 3 rings (SSSR count). The zero-order valence-electron chi connectivity index (χ0n) is 11.1. The maximum absolute atomic E-state index is 14.1. The molecule has 0 unspecified atom stereocenters. The monoisotopic (exact) mass is 322 g/mol. The number of nitrogens with two attached hydrogens (primary N) is 1. The third kappa shape index (κ3) is 2.64. The highest BCUT2D eigenvalue weighted by molar-refractivity contribution is 6.31. The van der Waals surface area contributed by atoms with Gasteiger partial charge in [0, 0.05) is 28.7 Å². The number of rotatable bonds is 3. The van der Waals surface area contributed by atoms with E-state index in [1.54, 1.807) is 12.1 Å². The van der Waals surface area contributed by atoms with Gasteiger partial charge in [-0.05, 0) is 23.8 Å². The molecule has 3 aromatic rings. The quantitative estimate of drug-likeness (QED) is 0.751. The van der Waals surface area contributed by atoms with Crippen molar-refractivity contribution in [1.29, 1.82) is 0 Å². The first kappa shape index (κ1) is 14.4. The van der Waals surface area contributed by atoms with Crippen LogP contribution >= 0.6 is 23.2 Å². The van der Waals surface area contributed by atoms with Gasteiger partial charge < -0.3 is 10.3 Å². The Labute approximate surface area is 131 Å². The molecule has 0 saturated carbocycles. The van der Waals surface area contributed by atoms with Crippen LogP contribution in [0, 0.1) is 5.82 Å². The van der Waals surface area contributed by atoms with Gasteiger partial charge in [0.2, 0.25) is 0 Å². The summed E-state index contributed by atoms with van der Waals surface area (Å²) in [6.07, 6.45) is 1.93. The van der Waals surface area contributed by atoms with Crippen molar-refractivity contribution in [1.82, 2.24) is 4.57 Å². The average molecular weight is 323 g/mol. The van der Waals surface area contributed by atoms with Crippen LogP contribution in [-0.4, -0.2) is 4.57 Å². The Kier molecular flexibility index (Phi) is 3.89. The molecule has 0 saturated heterocycles. The van der Waals surface area contributed by atoms with Crippen molar-refractivity contribution in [3.8, 4) is 0 Å². The number of aromatic nitrogens is 1. The predicted molar refractivity (Wildman–Crippen MR) is 85.4 cm³/mol. The average Bonchev–Trinajstić information content (AvgIpc) is 2.81. The van der Waals surface area contributed by atoms with E-state index < -0.39 is 5.82 Å². The summed E-state index contributed by atoms with van der Waals surface area (Å²) < 4.78 is 16.0. The van der Waals surface area contributed by atoms with Gasteiger partial charge >= 0.3 is 0 Å². The summed E-state index contributed by atoms with van der Waals surface area (Å²) in [4.78, 5) is 0. The molecular formula is C16H13Cl2FN2. The zero-order valence-corrected chi connectivity index (χ0v) is 12.6. The highest BCUT2D eigenvalue weighted by atomic mass is 35.5. The van der Waals surface area contributed by atoms with Crippen molar-refractivity contribution < 1.29 is 4.39 Å². The van der Waals surface area contributed by atoms with Gasteiger partial charge in [0.05, 0.1) is 17.1 Å². The molecule has 0 bridgehead atoms. The van der Waals surface area contributed by atoms with Crippen molar-refractivity contribution in [2.75, 3.05) is 0 Å². The molecule has 108 valence electrons. The van der Waals surface area contributed by atoms with Crippen LogP contribution < -0.4 is 5.73 Å².